The highest BCUT2D eigenvalue weighted by molar-refractivity contribution is 6.35. The van der Waals surface area contributed by atoms with Crippen LogP contribution in [0.1, 0.15) is 6.92 Å². The predicted octanol–water partition coefficient (Wildman–Crippen LogP) is 2.71. The van der Waals surface area contributed by atoms with E-state index >= 15 is 0 Å². The van der Waals surface area contributed by atoms with Gasteiger partial charge in [0.05, 0.1) is 23.9 Å². The Morgan fingerprint density at radius 3 is 2.48 bits per heavy atom. The number of hydrogen-bond acceptors (Lipinski definition) is 4. The van der Waals surface area contributed by atoms with Crippen LogP contribution in [0.4, 0.5) is 10.5 Å². The number of nitrogens with zero attached hydrogens (tertiary/aromatic N) is 2. The molecule has 0 radical (unpaired) electrons. The van der Waals surface area contributed by atoms with Gasteiger partial charge in [0.15, 0.2) is 0 Å². The van der Waals surface area contributed by atoms with E-state index in [1.54, 1.807) is 34.9 Å². The van der Waals surface area contributed by atoms with Crippen LogP contribution in [0.15, 0.2) is 18.2 Å². The molecule has 1 aliphatic rings. The quantitative estimate of drug-likeness (QED) is 0.897. The summed E-state index contributed by atoms with van der Waals surface area (Å²) in [4.78, 5) is 27.2. The molecule has 0 aliphatic carbocycles. The SMILES string of the molecule is CCOC(=O)N1CCN(C(=O)CNc2cc(Cl)ccc2Cl)CC1. The van der Waals surface area contributed by atoms with Crippen LogP contribution in [0.5, 0.6) is 0 Å². The summed E-state index contributed by atoms with van der Waals surface area (Å²) in [7, 11) is 0. The van der Waals surface area contributed by atoms with Gasteiger partial charge in [0, 0.05) is 31.2 Å². The van der Waals surface area contributed by atoms with Crippen molar-refractivity contribution >= 4 is 40.9 Å². The molecular formula is C15H19Cl2N3O3. The second-order valence-corrected chi connectivity index (χ2v) is 5.89. The molecule has 1 saturated heterocycles. The van der Waals surface area contributed by atoms with E-state index in [4.69, 9.17) is 27.9 Å². The van der Waals surface area contributed by atoms with Crippen molar-refractivity contribution in [2.45, 2.75) is 6.92 Å². The van der Waals surface area contributed by atoms with E-state index in [0.29, 0.717) is 48.5 Å². The van der Waals surface area contributed by atoms with Crippen molar-refractivity contribution in [3.63, 3.8) is 0 Å². The van der Waals surface area contributed by atoms with Crippen LogP contribution in [0.2, 0.25) is 10.0 Å². The number of piperazine rings is 1. The minimum absolute atomic E-state index is 0.0513. The monoisotopic (exact) mass is 359 g/mol. The first-order valence-electron chi connectivity index (χ1n) is 7.39. The van der Waals surface area contributed by atoms with Crippen molar-refractivity contribution < 1.29 is 14.3 Å². The third-order valence-corrected chi connectivity index (χ3v) is 4.08. The van der Waals surface area contributed by atoms with Gasteiger partial charge in [0.2, 0.25) is 5.91 Å². The van der Waals surface area contributed by atoms with Gasteiger partial charge in [-0.05, 0) is 25.1 Å². The lowest BCUT2D eigenvalue weighted by Gasteiger charge is -2.34. The summed E-state index contributed by atoms with van der Waals surface area (Å²) in [6, 6.07) is 5.04. The van der Waals surface area contributed by atoms with Crippen LogP contribution >= 0.6 is 23.2 Å². The summed E-state index contributed by atoms with van der Waals surface area (Å²) >= 11 is 12.0. The summed E-state index contributed by atoms with van der Waals surface area (Å²) < 4.78 is 4.95. The van der Waals surface area contributed by atoms with Crippen molar-refractivity contribution in [3.8, 4) is 0 Å². The van der Waals surface area contributed by atoms with Crippen molar-refractivity contribution in [1.29, 1.82) is 0 Å². The Kier molecular flexibility index (Phi) is 6.36. The van der Waals surface area contributed by atoms with Crippen LogP contribution in [0.25, 0.3) is 0 Å². The minimum atomic E-state index is -0.330. The molecule has 0 aromatic heterocycles. The van der Waals surface area contributed by atoms with Gasteiger partial charge in [-0.3, -0.25) is 4.79 Å². The number of ether oxygens (including phenoxy) is 1. The molecule has 2 rings (SSSR count). The Morgan fingerprint density at radius 1 is 1.17 bits per heavy atom. The second kappa shape index (κ2) is 8.26. The van der Waals surface area contributed by atoms with Gasteiger partial charge >= 0.3 is 6.09 Å². The van der Waals surface area contributed by atoms with Gasteiger partial charge in [-0.1, -0.05) is 23.2 Å². The largest absolute Gasteiger partial charge is 0.450 e. The summed E-state index contributed by atoms with van der Waals surface area (Å²) in [6.07, 6.45) is -0.330. The molecule has 126 valence electrons. The first-order valence-corrected chi connectivity index (χ1v) is 8.15. The average molecular weight is 360 g/mol. The third kappa shape index (κ3) is 4.91. The van der Waals surface area contributed by atoms with E-state index in [9.17, 15) is 9.59 Å². The number of carbonyl (C=O) groups is 2. The van der Waals surface area contributed by atoms with Crippen molar-refractivity contribution in [1.82, 2.24) is 9.80 Å². The first kappa shape index (κ1) is 17.7. The number of benzene rings is 1. The number of amides is 2. The summed E-state index contributed by atoms with van der Waals surface area (Å²) in [5.41, 5.74) is 0.623. The highest BCUT2D eigenvalue weighted by Gasteiger charge is 2.24. The van der Waals surface area contributed by atoms with Crippen LogP contribution in [-0.4, -0.2) is 61.1 Å². The van der Waals surface area contributed by atoms with E-state index in [2.05, 4.69) is 5.32 Å². The Hall–Kier alpha value is -1.66. The Labute approximate surface area is 145 Å². The fourth-order valence-corrected chi connectivity index (χ4v) is 2.63. The highest BCUT2D eigenvalue weighted by Crippen LogP contribution is 2.25. The Morgan fingerprint density at radius 2 is 1.83 bits per heavy atom. The molecule has 6 nitrogen and oxygen atoms in total. The molecule has 0 saturated carbocycles. The van der Waals surface area contributed by atoms with Crippen LogP contribution in [0.3, 0.4) is 0 Å². The zero-order chi connectivity index (χ0) is 16.8. The smallest absolute Gasteiger partial charge is 0.409 e. The zero-order valence-corrected chi connectivity index (χ0v) is 14.4. The molecule has 2 amide bonds. The number of rotatable bonds is 4. The summed E-state index contributed by atoms with van der Waals surface area (Å²) in [5.74, 6) is -0.0513. The molecule has 1 N–H and O–H groups in total. The standard InChI is InChI=1S/C15H19Cl2N3O3/c1-2-23-15(22)20-7-5-19(6-8-20)14(21)10-18-13-9-11(16)3-4-12(13)17/h3-4,9,18H,2,5-8,10H2,1H3. The van der Waals surface area contributed by atoms with E-state index in [1.807, 2.05) is 0 Å². The molecule has 23 heavy (non-hydrogen) atoms. The molecule has 0 spiro atoms. The molecule has 1 aromatic carbocycles. The zero-order valence-electron chi connectivity index (χ0n) is 12.8. The molecule has 8 heteroatoms. The van der Waals surface area contributed by atoms with Crippen molar-refractivity contribution in [2.24, 2.45) is 0 Å². The summed E-state index contributed by atoms with van der Waals surface area (Å²) in [6.45, 7) is 4.17. The Balaban J connectivity index is 1.81. The molecular weight excluding hydrogens is 341 g/mol. The van der Waals surface area contributed by atoms with Gasteiger partial charge in [0.25, 0.3) is 0 Å². The number of nitrogens with one attached hydrogen (secondary N) is 1. The fraction of sp³-hybridized carbons (Fsp3) is 0.467. The summed E-state index contributed by atoms with van der Waals surface area (Å²) in [5, 5.41) is 4.05. The van der Waals surface area contributed by atoms with Crippen molar-refractivity contribution in [3.05, 3.63) is 28.2 Å². The lowest BCUT2D eigenvalue weighted by Crippen LogP contribution is -2.51. The Bertz CT molecular complexity index is 575. The highest BCUT2D eigenvalue weighted by atomic mass is 35.5. The molecule has 1 aliphatic heterocycles. The average Bonchev–Trinajstić information content (AvgIpc) is 2.55. The topological polar surface area (TPSA) is 61.9 Å². The second-order valence-electron chi connectivity index (χ2n) is 5.04. The van der Waals surface area contributed by atoms with E-state index in [-0.39, 0.29) is 18.5 Å². The molecule has 0 atom stereocenters. The van der Waals surface area contributed by atoms with Crippen LogP contribution in [0, 0.1) is 0 Å². The maximum Gasteiger partial charge on any atom is 0.409 e. The maximum absolute atomic E-state index is 12.2. The van der Waals surface area contributed by atoms with Gasteiger partial charge < -0.3 is 19.9 Å². The first-order chi connectivity index (χ1) is 11.0. The molecule has 1 fully saturated rings. The minimum Gasteiger partial charge on any atom is -0.450 e. The van der Waals surface area contributed by atoms with Gasteiger partial charge in [0.1, 0.15) is 0 Å². The predicted molar refractivity (Wildman–Crippen MR) is 90.1 cm³/mol. The third-order valence-electron chi connectivity index (χ3n) is 3.52. The molecule has 1 heterocycles. The van der Waals surface area contributed by atoms with Crippen molar-refractivity contribution in [2.75, 3.05) is 44.6 Å². The van der Waals surface area contributed by atoms with Crippen LogP contribution < -0.4 is 5.32 Å². The maximum atomic E-state index is 12.2. The normalized spacial score (nSPS) is 14.6. The molecule has 1 aromatic rings. The van der Waals surface area contributed by atoms with Crippen LogP contribution in [-0.2, 0) is 9.53 Å². The lowest BCUT2D eigenvalue weighted by molar-refractivity contribution is -0.130. The van der Waals surface area contributed by atoms with Gasteiger partial charge in [-0.15, -0.1) is 0 Å². The van der Waals surface area contributed by atoms with Gasteiger partial charge in [-0.25, -0.2) is 4.79 Å². The number of anilines is 1. The van der Waals surface area contributed by atoms with E-state index < -0.39 is 0 Å². The molecule has 0 unspecified atom stereocenters. The number of halogens is 2. The van der Waals surface area contributed by atoms with E-state index in [0.717, 1.165) is 0 Å². The lowest BCUT2D eigenvalue weighted by atomic mass is 10.3. The fourth-order valence-electron chi connectivity index (χ4n) is 2.27. The number of carbonyl (C=O) groups excluding carboxylic acids is 2. The van der Waals surface area contributed by atoms with Gasteiger partial charge in [-0.2, -0.15) is 0 Å². The number of hydrogen-bond donors (Lipinski definition) is 1. The molecule has 0 bridgehead atoms. The van der Waals surface area contributed by atoms with E-state index in [1.165, 1.54) is 0 Å².